The molecule has 0 amide bonds. The van der Waals surface area contributed by atoms with Gasteiger partial charge in [0.25, 0.3) is 0 Å². The number of aryl methyl sites for hydroxylation is 1. The van der Waals surface area contributed by atoms with Crippen molar-refractivity contribution in [3.8, 4) is 0 Å². The van der Waals surface area contributed by atoms with Crippen LogP contribution in [0.3, 0.4) is 0 Å². The van der Waals surface area contributed by atoms with Crippen LogP contribution in [0.2, 0.25) is 0 Å². The molecule has 0 radical (unpaired) electrons. The third-order valence-electron chi connectivity index (χ3n) is 4.26. The lowest BCUT2D eigenvalue weighted by Gasteiger charge is -2.11. The molecular weight excluding hydrogens is 308 g/mol. The Morgan fingerprint density at radius 1 is 0.667 bits per heavy atom. The van der Waals surface area contributed by atoms with Crippen LogP contribution in [0.1, 0.15) is 24.5 Å². The zero-order chi connectivity index (χ0) is 16.6. The van der Waals surface area contributed by atoms with Gasteiger partial charge >= 0.3 is 0 Å². The Bertz CT molecular complexity index is 717. The molecule has 0 aromatic heterocycles. The zero-order valence-electron chi connectivity index (χ0n) is 14.2. The molecule has 0 bridgehead atoms. The average Bonchev–Trinajstić information content (AvgIpc) is 2.63. The Balaban J connectivity index is 1.49. The van der Waals surface area contributed by atoms with Gasteiger partial charge in [0, 0.05) is 9.79 Å². The fourth-order valence-corrected chi connectivity index (χ4v) is 3.72. The van der Waals surface area contributed by atoms with Crippen molar-refractivity contribution in [2.45, 2.75) is 36.0 Å². The van der Waals surface area contributed by atoms with E-state index >= 15 is 0 Å². The van der Waals surface area contributed by atoms with Crippen LogP contribution in [-0.2, 0) is 12.8 Å². The van der Waals surface area contributed by atoms with Crippen LogP contribution in [0.15, 0.2) is 94.7 Å². The first-order valence-corrected chi connectivity index (χ1v) is 9.47. The second kappa shape index (κ2) is 8.75. The quantitative estimate of drug-likeness (QED) is 0.467. The molecule has 0 aliphatic rings. The summed E-state index contributed by atoms with van der Waals surface area (Å²) in [5, 5.41) is 0. The predicted molar refractivity (Wildman–Crippen MR) is 105 cm³/mol. The molecule has 3 rings (SSSR count). The molecule has 0 saturated carbocycles. The van der Waals surface area contributed by atoms with E-state index in [4.69, 9.17) is 0 Å². The summed E-state index contributed by atoms with van der Waals surface area (Å²) in [5.41, 5.74) is 2.88. The van der Waals surface area contributed by atoms with Crippen LogP contribution in [0.25, 0.3) is 0 Å². The molecule has 0 spiro atoms. The summed E-state index contributed by atoms with van der Waals surface area (Å²) in [5.74, 6) is 0.714. The minimum absolute atomic E-state index is 0.714. The van der Waals surface area contributed by atoms with Crippen molar-refractivity contribution >= 4 is 11.8 Å². The smallest absolute Gasteiger partial charge is 0.0122 e. The highest BCUT2D eigenvalue weighted by Gasteiger charge is 2.05. The first-order chi connectivity index (χ1) is 11.8. The number of hydrogen-bond acceptors (Lipinski definition) is 1. The van der Waals surface area contributed by atoms with Gasteiger partial charge in [-0.05, 0) is 60.6 Å². The van der Waals surface area contributed by atoms with Gasteiger partial charge in [0.05, 0.1) is 0 Å². The molecule has 3 aromatic carbocycles. The van der Waals surface area contributed by atoms with Gasteiger partial charge in [-0.2, -0.15) is 0 Å². The molecule has 0 N–H and O–H groups in total. The van der Waals surface area contributed by atoms with Crippen molar-refractivity contribution in [3.63, 3.8) is 0 Å². The van der Waals surface area contributed by atoms with Crippen molar-refractivity contribution in [2.75, 3.05) is 0 Å². The van der Waals surface area contributed by atoms with Crippen molar-refractivity contribution in [1.82, 2.24) is 0 Å². The minimum Gasteiger partial charge on any atom is -0.0901 e. The standard InChI is InChI=1S/C23H24S/c1-19(18-21-8-4-2-5-9-21)12-13-20-14-16-23(17-15-20)24-22-10-6-3-7-11-22/h2-11,14-17,19H,12-13,18H2,1H3/t19-/m1/s1. The molecule has 24 heavy (non-hydrogen) atoms. The Labute approximate surface area is 149 Å². The maximum absolute atomic E-state index is 2.35. The third-order valence-corrected chi connectivity index (χ3v) is 5.27. The molecule has 3 aromatic rings. The Hall–Kier alpha value is -1.99. The second-order valence-corrected chi connectivity index (χ2v) is 7.54. The monoisotopic (exact) mass is 332 g/mol. The molecule has 0 heterocycles. The van der Waals surface area contributed by atoms with E-state index in [0.717, 1.165) is 6.42 Å². The van der Waals surface area contributed by atoms with E-state index in [0.29, 0.717) is 5.92 Å². The largest absolute Gasteiger partial charge is 0.0901 e. The Kier molecular flexibility index (Phi) is 6.14. The van der Waals surface area contributed by atoms with Crippen molar-refractivity contribution in [2.24, 2.45) is 5.92 Å². The maximum atomic E-state index is 2.35. The first-order valence-electron chi connectivity index (χ1n) is 8.65. The zero-order valence-corrected chi connectivity index (χ0v) is 15.0. The summed E-state index contributed by atoms with van der Waals surface area (Å²) in [6.45, 7) is 2.35. The average molecular weight is 333 g/mol. The van der Waals surface area contributed by atoms with Crippen molar-refractivity contribution < 1.29 is 0 Å². The Morgan fingerprint density at radius 2 is 1.25 bits per heavy atom. The van der Waals surface area contributed by atoms with Crippen LogP contribution in [0.5, 0.6) is 0 Å². The first kappa shape index (κ1) is 16.9. The van der Waals surface area contributed by atoms with E-state index in [1.807, 2.05) is 11.8 Å². The molecule has 0 unspecified atom stereocenters. The Morgan fingerprint density at radius 3 is 1.92 bits per heavy atom. The molecule has 0 nitrogen and oxygen atoms in total. The van der Waals surface area contributed by atoms with Crippen LogP contribution < -0.4 is 0 Å². The van der Waals surface area contributed by atoms with Gasteiger partial charge in [-0.3, -0.25) is 0 Å². The topological polar surface area (TPSA) is 0 Å². The highest BCUT2D eigenvalue weighted by atomic mass is 32.2. The van der Waals surface area contributed by atoms with Gasteiger partial charge < -0.3 is 0 Å². The fraction of sp³-hybridized carbons (Fsp3) is 0.217. The van der Waals surface area contributed by atoms with E-state index in [-0.39, 0.29) is 0 Å². The highest BCUT2D eigenvalue weighted by Crippen LogP contribution is 2.27. The molecule has 0 saturated heterocycles. The van der Waals surface area contributed by atoms with Gasteiger partial charge in [0.1, 0.15) is 0 Å². The predicted octanol–water partition coefficient (Wildman–Crippen LogP) is 6.65. The number of rotatable bonds is 7. The summed E-state index contributed by atoms with van der Waals surface area (Å²) < 4.78 is 0. The molecule has 0 aliphatic carbocycles. The van der Waals surface area contributed by atoms with E-state index in [1.165, 1.54) is 33.8 Å². The van der Waals surface area contributed by atoms with Gasteiger partial charge in [-0.1, -0.05) is 79.3 Å². The normalized spacial score (nSPS) is 12.0. The molecular formula is C23H24S. The molecule has 122 valence electrons. The summed E-state index contributed by atoms with van der Waals surface area (Å²) in [7, 11) is 0. The minimum atomic E-state index is 0.714. The summed E-state index contributed by atoms with van der Waals surface area (Å²) in [4.78, 5) is 2.60. The van der Waals surface area contributed by atoms with E-state index in [1.54, 1.807) is 0 Å². The lowest BCUT2D eigenvalue weighted by molar-refractivity contribution is 0.530. The molecule has 1 heteroatoms. The summed E-state index contributed by atoms with van der Waals surface area (Å²) in [6.07, 6.45) is 3.56. The lowest BCUT2D eigenvalue weighted by atomic mass is 9.95. The maximum Gasteiger partial charge on any atom is 0.0122 e. The third kappa shape index (κ3) is 5.28. The number of benzene rings is 3. The molecule has 1 atom stereocenters. The van der Waals surface area contributed by atoms with Crippen molar-refractivity contribution in [1.29, 1.82) is 0 Å². The SMILES string of the molecule is C[C@H](CCc1ccc(Sc2ccccc2)cc1)Cc1ccccc1. The van der Waals surface area contributed by atoms with E-state index in [2.05, 4.69) is 91.9 Å². The van der Waals surface area contributed by atoms with Gasteiger partial charge in [-0.15, -0.1) is 0 Å². The van der Waals surface area contributed by atoms with Crippen molar-refractivity contribution in [3.05, 3.63) is 96.1 Å². The number of hydrogen-bond donors (Lipinski definition) is 0. The van der Waals surface area contributed by atoms with Crippen LogP contribution in [0, 0.1) is 5.92 Å². The van der Waals surface area contributed by atoms with Gasteiger partial charge in [0.2, 0.25) is 0 Å². The van der Waals surface area contributed by atoms with Gasteiger partial charge in [-0.25, -0.2) is 0 Å². The van der Waals surface area contributed by atoms with Gasteiger partial charge in [0.15, 0.2) is 0 Å². The van der Waals surface area contributed by atoms with E-state index in [9.17, 15) is 0 Å². The highest BCUT2D eigenvalue weighted by molar-refractivity contribution is 7.99. The second-order valence-electron chi connectivity index (χ2n) is 6.39. The lowest BCUT2D eigenvalue weighted by Crippen LogP contribution is -2.01. The molecule has 0 fully saturated rings. The summed E-state index contributed by atoms with van der Waals surface area (Å²) in [6, 6.07) is 30.4. The van der Waals surface area contributed by atoms with Crippen LogP contribution in [-0.4, -0.2) is 0 Å². The fourth-order valence-electron chi connectivity index (χ4n) is 2.88. The molecule has 0 aliphatic heterocycles. The van der Waals surface area contributed by atoms with E-state index < -0.39 is 0 Å². The van der Waals surface area contributed by atoms with Crippen LogP contribution in [0.4, 0.5) is 0 Å². The summed E-state index contributed by atoms with van der Waals surface area (Å²) >= 11 is 1.82. The van der Waals surface area contributed by atoms with Crippen LogP contribution >= 0.6 is 11.8 Å².